The van der Waals surface area contributed by atoms with E-state index >= 15 is 0 Å². The molecule has 1 aliphatic heterocycles. The largest absolute Gasteiger partial charge is 0.372 e. The summed E-state index contributed by atoms with van der Waals surface area (Å²) in [5, 5.41) is 4.59. The van der Waals surface area contributed by atoms with Crippen molar-refractivity contribution < 1.29 is 4.74 Å². The zero-order valence-corrected chi connectivity index (χ0v) is 10.6. The van der Waals surface area contributed by atoms with E-state index in [2.05, 4.69) is 41.5 Å². The van der Waals surface area contributed by atoms with Gasteiger partial charge in [-0.15, -0.1) is 0 Å². The fourth-order valence-corrected chi connectivity index (χ4v) is 2.52. The molecule has 2 heterocycles. The maximum absolute atomic E-state index is 5.95. The molecule has 0 saturated carbocycles. The molecular weight excluding hydrogens is 224 g/mol. The average Bonchev–Trinajstić information content (AvgIpc) is 2.67. The first-order valence-electron chi connectivity index (χ1n) is 6.52. The SMILES string of the molecule is Cc1ccc2nccc(C3CCNCCO3)c2c1. The number of pyridine rings is 1. The molecule has 0 bridgehead atoms. The van der Waals surface area contributed by atoms with Crippen LogP contribution in [-0.4, -0.2) is 24.7 Å². The van der Waals surface area contributed by atoms with Gasteiger partial charge in [0, 0.05) is 18.1 Å². The molecular formula is C15H18N2O. The number of benzene rings is 1. The Kier molecular flexibility index (Phi) is 3.26. The average molecular weight is 242 g/mol. The highest BCUT2D eigenvalue weighted by Crippen LogP contribution is 2.28. The van der Waals surface area contributed by atoms with Gasteiger partial charge in [0.1, 0.15) is 0 Å². The number of fused-ring (bicyclic) bond motifs is 1. The van der Waals surface area contributed by atoms with Gasteiger partial charge in [-0.25, -0.2) is 0 Å². The van der Waals surface area contributed by atoms with Crippen LogP contribution in [0.5, 0.6) is 0 Å². The third kappa shape index (κ3) is 2.24. The molecule has 0 amide bonds. The van der Waals surface area contributed by atoms with E-state index in [1.165, 1.54) is 16.5 Å². The van der Waals surface area contributed by atoms with Gasteiger partial charge in [-0.1, -0.05) is 11.6 Å². The van der Waals surface area contributed by atoms with E-state index in [0.717, 1.165) is 31.6 Å². The summed E-state index contributed by atoms with van der Waals surface area (Å²) in [6, 6.07) is 8.49. The van der Waals surface area contributed by atoms with Crippen LogP contribution in [0.15, 0.2) is 30.5 Å². The third-order valence-corrected chi connectivity index (χ3v) is 3.46. The topological polar surface area (TPSA) is 34.2 Å². The highest BCUT2D eigenvalue weighted by molar-refractivity contribution is 5.83. The molecule has 3 rings (SSSR count). The molecule has 18 heavy (non-hydrogen) atoms. The lowest BCUT2D eigenvalue weighted by Crippen LogP contribution is -2.16. The van der Waals surface area contributed by atoms with Gasteiger partial charge in [-0.3, -0.25) is 4.98 Å². The van der Waals surface area contributed by atoms with Crippen molar-refractivity contribution >= 4 is 10.9 Å². The summed E-state index contributed by atoms with van der Waals surface area (Å²) in [6.45, 7) is 4.85. The van der Waals surface area contributed by atoms with E-state index in [0.29, 0.717) is 0 Å². The monoisotopic (exact) mass is 242 g/mol. The van der Waals surface area contributed by atoms with Crippen molar-refractivity contribution in [2.45, 2.75) is 19.4 Å². The summed E-state index contributed by atoms with van der Waals surface area (Å²) < 4.78 is 5.95. The highest BCUT2D eigenvalue weighted by Gasteiger charge is 2.17. The Labute approximate surface area is 107 Å². The van der Waals surface area contributed by atoms with Gasteiger partial charge in [-0.2, -0.15) is 0 Å². The molecule has 0 radical (unpaired) electrons. The number of hydrogen-bond donors (Lipinski definition) is 1. The first-order valence-corrected chi connectivity index (χ1v) is 6.52. The zero-order valence-electron chi connectivity index (χ0n) is 10.6. The third-order valence-electron chi connectivity index (χ3n) is 3.46. The standard InChI is InChI=1S/C15H18N2O/c1-11-2-3-14-13(10-11)12(4-7-17-14)15-5-6-16-8-9-18-15/h2-4,7,10,15-16H,5-6,8-9H2,1H3. The van der Waals surface area contributed by atoms with Crippen molar-refractivity contribution in [1.29, 1.82) is 0 Å². The summed E-state index contributed by atoms with van der Waals surface area (Å²) >= 11 is 0. The minimum absolute atomic E-state index is 0.187. The predicted molar refractivity (Wildman–Crippen MR) is 72.7 cm³/mol. The Hall–Kier alpha value is -1.45. The van der Waals surface area contributed by atoms with E-state index in [1.807, 2.05) is 6.20 Å². The van der Waals surface area contributed by atoms with Crippen molar-refractivity contribution in [3.05, 3.63) is 41.6 Å². The second kappa shape index (κ2) is 5.04. The summed E-state index contributed by atoms with van der Waals surface area (Å²) in [6.07, 6.45) is 3.09. The van der Waals surface area contributed by atoms with Gasteiger partial charge >= 0.3 is 0 Å². The summed E-state index contributed by atoms with van der Waals surface area (Å²) in [7, 11) is 0. The molecule has 0 aliphatic carbocycles. The van der Waals surface area contributed by atoms with Crippen LogP contribution in [0, 0.1) is 6.92 Å². The fraction of sp³-hybridized carbons (Fsp3) is 0.400. The normalized spacial score (nSPS) is 20.8. The van der Waals surface area contributed by atoms with Gasteiger partial charge < -0.3 is 10.1 Å². The second-order valence-electron chi connectivity index (χ2n) is 4.82. The van der Waals surface area contributed by atoms with Crippen LogP contribution in [0.3, 0.4) is 0 Å². The van der Waals surface area contributed by atoms with Gasteiger partial charge in [0.25, 0.3) is 0 Å². The van der Waals surface area contributed by atoms with Crippen LogP contribution in [0.1, 0.15) is 23.7 Å². The van der Waals surface area contributed by atoms with E-state index in [4.69, 9.17) is 4.74 Å². The Balaban J connectivity index is 2.06. The van der Waals surface area contributed by atoms with Crippen molar-refractivity contribution in [1.82, 2.24) is 10.3 Å². The van der Waals surface area contributed by atoms with Crippen molar-refractivity contribution in [3.8, 4) is 0 Å². The van der Waals surface area contributed by atoms with Crippen LogP contribution in [0.4, 0.5) is 0 Å². The van der Waals surface area contributed by atoms with Crippen molar-refractivity contribution in [2.24, 2.45) is 0 Å². The molecule has 0 spiro atoms. The molecule has 2 aromatic rings. The number of aromatic nitrogens is 1. The number of rotatable bonds is 1. The smallest absolute Gasteiger partial charge is 0.0844 e. The lowest BCUT2D eigenvalue weighted by Gasteiger charge is -2.17. The van der Waals surface area contributed by atoms with Crippen LogP contribution in [0.25, 0.3) is 10.9 Å². The summed E-state index contributed by atoms with van der Waals surface area (Å²) in [4.78, 5) is 4.43. The van der Waals surface area contributed by atoms with E-state index in [-0.39, 0.29) is 6.10 Å². The molecule has 1 N–H and O–H groups in total. The van der Waals surface area contributed by atoms with Gasteiger partial charge in [0.2, 0.25) is 0 Å². The van der Waals surface area contributed by atoms with Gasteiger partial charge in [-0.05, 0) is 43.7 Å². The molecule has 94 valence electrons. The molecule has 1 atom stereocenters. The maximum atomic E-state index is 5.95. The molecule has 3 nitrogen and oxygen atoms in total. The lowest BCUT2D eigenvalue weighted by atomic mass is 10.0. The van der Waals surface area contributed by atoms with E-state index in [9.17, 15) is 0 Å². The number of aryl methyl sites for hydroxylation is 1. The first kappa shape index (κ1) is 11.6. The Bertz CT molecular complexity index is 545. The Morgan fingerprint density at radius 2 is 2.22 bits per heavy atom. The lowest BCUT2D eigenvalue weighted by molar-refractivity contribution is 0.0654. The van der Waals surface area contributed by atoms with Gasteiger partial charge in [0.05, 0.1) is 18.2 Å². The number of nitrogens with zero attached hydrogens (tertiary/aromatic N) is 1. The van der Waals surface area contributed by atoms with E-state index in [1.54, 1.807) is 0 Å². The van der Waals surface area contributed by atoms with Gasteiger partial charge in [0.15, 0.2) is 0 Å². The van der Waals surface area contributed by atoms with Crippen molar-refractivity contribution in [2.75, 3.05) is 19.7 Å². The molecule has 1 saturated heterocycles. The van der Waals surface area contributed by atoms with E-state index < -0.39 is 0 Å². The first-order chi connectivity index (χ1) is 8.84. The molecule has 1 aromatic carbocycles. The second-order valence-corrected chi connectivity index (χ2v) is 4.82. The Morgan fingerprint density at radius 3 is 3.17 bits per heavy atom. The summed E-state index contributed by atoms with van der Waals surface area (Å²) in [5.74, 6) is 0. The minimum Gasteiger partial charge on any atom is -0.372 e. The van der Waals surface area contributed by atoms with Crippen LogP contribution >= 0.6 is 0 Å². The molecule has 1 fully saturated rings. The number of hydrogen-bond acceptors (Lipinski definition) is 3. The fourth-order valence-electron chi connectivity index (χ4n) is 2.52. The molecule has 3 heteroatoms. The summed E-state index contributed by atoms with van der Waals surface area (Å²) in [5.41, 5.74) is 3.59. The maximum Gasteiger partial charge on any atom is 0.0844 e. The van der Waals surface area contributed by atoms with Crippen LogP contribution < -0.4 is 5.32 Å². The molecule has 1 aromatic heterocycles. The Morgan fingerprint density at radius 1 is 1.28 bits per heavy atom. The van der Waals surface area contributed by atoms with Crippen LogP contribution in [0.2, 0.25) is 0 Å². The minimum atomic E-state index is 0.187. The predicted octanol–water partition coefficient (Wildman–Crippen LogP) is 2.59. The number of ether oxygens (including phenoxy) is 1. The zero-order chi connectivity index (χ0) is 12.4. The number of nitrogens with one attached hydrogen (secondary N) is 1. The van der Waals surface area contributed by atoms with Crippen molar-refractivity contribution in [3.63, 3.8) is 0 Å². The molecule has 1 unspecified atom stereocenters. The highest BCUT2D eigenvalue weighted by atomic mass is 16.5. The quantitative estimate of drug-likeness (QED) is 0.834. The van der Waals surface area contributed by atoms with Crippen LogP contribution in [-0.2, 0) is 4.74 Å². The molecule has 1 aliphatic rings.